The van der Waals surface area contributed by atoms with Gasteiger partial charge in [-0.25, -0.2) is 4.79 Å². The summed E-state index contributed by atoms with van der Waals surface area (Å²) in [6, 6.07) is 6.90. The molecule has 106 valence electrons. The Hall–Kier alpha value is -1.70. The van der Waals surface area contributed by atoms with Gasteiger partial charge < -0.3 is 16.4 Å². The Kier molecular flexibility index (Phi) is 4.17. The predicted octanol–water partition coefficient (Wildman–Crippen LogP) is -0.651. The Balaban J connectivity index is 0.00000121. The zero-order chi connectivity index (χ0) is 14.4. The van der Waals surface area contributed by atoms with Crippen molar-refractivity contribution in [2.75, 3.05) is 0 Å². The molecule has 1 amide bonds. The number of benzene rings is 1. The first-order valence-corrected chi connectivity index (χ1v) is 6.64. The summed E-state index contributed by atoms with van der Waals surface area (Å²) in [6.45, 7) is 3.99. The molecule has 2 heterocycles. The number of H-pyrrole nitrogens is 1. The van der Waals surface area contributed by atoms with E-state index < -0.39 is 12.0 Å². The molecule has 1 aliphatic rings. The fourth-order valence-corrected chi connectivity index (χ4v) is 2.94. The molecular weight excluding hydrogens is 263 g/mol. The van der Waals surface area contributed by atoms with Crippen LogP contribution in [0.25, 0.3) is 10.9 Å². The van der Waals surface area contributed by atoms with E-state index in [1.165, 1.54) is 4.90 Å². The van der Waals surface area contributed by atoms with Crippen LogP contribution >= 0.6 is 0 Å². The van der Waals surface area contributed by atoms with Crippen LogP contribution < -0.4 is 18.9 Å². The van der Waals surface area contributed by atoms with E-state index in [4.69, 9.17) is 0 Å². The van der Waals surface area contributed by atoms with Crippen molar-refractivity contribution in [1.82, 2.24) is 9.88 Å². The fourth-order valence-electron chi connectivity index (χ4n) is 2.94. The zero-order valence-corrected chi connectivity index (χ0v) is 12.4. The molecule has 3 rings (SSSR count). The first-order valence-electron chi connectivity index (χ1n) is 6.64. The third kappa shape index (κ3) is 2.37. The molecule has 0 saturated carbocycles. The summed E-state index contributed by atoms with van der Waals surface area (Å²) in [5, 5.41) is 10.3. The number of carboxylic acids is 1. The van der Waals surface area contributed by atoms with Gasteiger partial charge in [0.25, 0.3) is 5.91 Å². The van der Waals surface area contributed by atoms with Crippen LogP contribution in [0.15, 0.2) is 24.3 Å². The molecule has 1 atom stereocenters. The summed E-state index contributed by atoms with van der Waals surface area (Å²) < 4.78 is 0. The maximum atomic E-state index is 12.4. The van der Waals surface area contributed by atoms with Crippen LogP contribution in [0.1, 0.15) is 31.3 Å². The van der Waals surface area contributed by atoms with E-state index in [1.54, 1.807) is 0 Å². The van der Waals surface area contributed by atoms with Crippen LogP contribution in [0.3, 0.4) is 0 Å². The fraction of sp³-hybridized carbons (Fsp3) is 0.333. The first-order chi connectivity index (χ1) is 9.50. The van der Waals surface area contributed by atoms with Gasteiger partial charge in [-0.1, -0.05) is 32.0 Å². The van der Waals surface area contributed by atoms with Crippen molar-refractivity contribution in [2.24, 2.45) is 5.92 Å². The smallest absolute Gasteiger partial charge is 1.00 e. The number of carbonyl (C=O) groups excluding carboxylic acids is 1. The number of carboxylic acid groups (broad SMARTS) is 1. The van der Waals surface area contributed by atoms with Crippen molar-refractivity contribution >= 4 is 22.8 Å². The number of para-hydroxylation sites is 1. The van der Waals surface area contributed by atoms with Crippen molar-refractivity contribution in [3.63, 3.8) is 0 Å². The van der Waals surface area contributed by atoms with Crippen LogP contribution in [-0.2, 0) is 11.3 Å². The molecule has 0 saturated heterocycles. The van der Waals surface area contributed by atoms with E-state index in [1.807, 2.05) is 38.1 Å². The molecule has 0 spiro atoms. The molecule has 1 aromatic carbocycles. The normalized spacial score (nSPS) is 15.2. The number of nitrogens with one attached hydrogen (secondary N) is 1. The topological polar surface area (TPSA) is 73.4 Å². The van der Waals surface area contributed by atoms with Crippen LogP contribution in [0, 0.1) is 5.92 Å². The molecule has 6 heteroatoms. The van der Waals surface area contributed by atoms with Gasteiger partial charge in [0.1, 0.15) is 11.7 Å². The predicted molar refractivity (Wildman–Crippen MR) is 75.5 cm³/mol. The summed E-state index contributed by atoms with van der Waals surface area (Å²) in [5.41, 5.74) is 2.34. The average Bonchev–Trinajstić information content (AvgIpc) is 2.88. The van der Waals surface area contributed by atoms with Crippen LogP contribution in [-0.4, -0.2) is 32.9 Å². The Labute approximate surface area is 136 Å². The van der Waals surface area contributed by atoms with Crippen molar-refractivity contribution in [1.29, 1.82) is 0 Å². The molecule has 21 heavy (non-hydrogen) atoms. The summed E-state index contributed by atoms with van der Waals surface area (Å²) >= 11 is 0. The second-order valence-electron chi connectivity index (χ2n) is 5.48. The molecule has 2 N–H and O–H groups in total. The molecule has 2 aromatic rings. The molecule has 0 bridgehead atoms. The maximum Gasteiger partial charge on any atom is 1.00 e. The number of nitrogens with zero attached hydrogens (tertiary/aromatic N) is 1. The number of aliphatic carboxylic acids is 1. The van der Waals surface area contributed by atoms with Crippen molar-refractivity contribution in [2.45, 2.75) is 26.4 Å². The molecular formula is C15H17LiN2O3. The number of fused-ring (bicyclic) bond motifs is 3. The van der Waals surface area contributed by atoms with Gasteiger partial charge in [0.05, 0.1) is 0 Å². The van der Waals surface area contributed by atoms with Crippen LogP contribution in [0.2, 0.25) is 0 Å². The molecule has 1 aromatic heterocycles. The monoisotopic (exact) mass is 280 g/mol. The van der Waals surface area contributed by atoms with E-state index in [-0.39, 0.29) is 32.1 Å². The van der Waals surface area contributed by atoms with Gasteiger partial charge >= 0.3 is 24.8 Å². The SMILES string of the molecule is CC(C)C(C(=O)O)N1Cc2c([nH]c3ccccc23)C1=O.[H-].[Li+]. The maximum absolute atomic E-state index is 12.4. The van der Waals surface area contributed by atoms with Crippen LogP contribution in [0.5, 0.6) is 0 Å². The van der Waals surface area contributed by atoms with Crippen molar-refractivity contribution in [3.8, 4) is 0 Å². The van der Waals surface area contributed by atoms with Crippen LogP contribution in [0.4, 0.5) is 0 Å². The molecule has 0 radical (unpaired) electrons. The number of aromatic amines is 1. The first kappa shape index (κ1) is 15.7. The Morgan fingerprint density at radius 2 is 2.05 bits per heavy atom. The zero-order valence-electron chi connectivity index (χ0n) is 13.4. The Bertz CT molecular complexity index is 714. The third-order valence-corrected chi connectivity index (χ3v) is 3.84. The molecule has 1 aliphatic heterocycles. The molecule has 1 unspecified atom stereocenters. The number of hydrogen-bond donors (Lipinski definition) is 2. The van der Waals surface area contributed by atoms with Crippen molar-refractivity contribution in [3.05, 3.63) is 35.5 Å². The second kappa shape index (κ2) is 5.59. The van der Waals surface area contributed by atoms with Gasteiger partial charge in [0.15, 0.2) is 0 Å². The summed E-state index contributed by atoms with van der Waals surface area (Å²) in [7, 11) is 0. The number of rotatable bonds is 3. The van der Waals surface area contributed by atoms with Gasteiger partial charge in [0.2, 0.25) is 0 Å². The second-order valence-corrected chi connectivity index (χ2v) is 5.48. The van der Waals surface area contributed by atoms with E-state index in [9.17, 15) is 14.7 Å². The van der Waals surface area contributed by atoms with Gasteiger partial charge in [-0.3, -0.25) is 4.79 Å². The van der Waals surface area contributed by atoms with E-state index in [2.05, 4.69) is 4.98 Å². The van der Waals surface area contributed by atoms with Gasteiger partial charge in [-0.05, 0) is 12.0 Å². The van der Waals surface area contributed by atoms with Crippen molar-refractivity contribution < 1.29 is 35.0 Å². The summed E-state index contributed by atoms with van der Waals surface area (Å²) in [6.07, 6.45) is 0. The van der Waals surface area contributed by atoms with Gasteiger partial charge in [-0.2, -0.15) is 0 Å². The van der Waals surface area contributed by atoms with Gasteiger partial charge in [-0.15, -0.1) is 0 Å². The minimum atomic E-state index is -0.956. The van der Waals surface area contributed by atoms with E-state index in [0.717, 1.165) is 16.5 Å². The van der Waals surface area contributed by atoms with E-state index in [0.29, 0.717) is 12.2 Å². The Morgan fingerprint density at radius 1 is 1.38 bits per heavy atom. The number of amides is 1. The quantitative estimate of drug-likeness (QED) is 0.734. The van der Waals surface area contributed by atoms with Gasteiger partial charge in [0, 0.05) is 23.0 Å². The summed E-state index contributed by atoms with van der Waals surface area (Å²) in [5.74, 6) is -1.31. The Morgan fingerprint density at radius 3 is 2.67 bits per heavy atom. The molecule has 5 nitrogen and oxygen atoms in total. The number of aromatic nitrogens is 1. The largest absolute Gasteiger partial charge is 1.00 e. The molecule has 0 fully saturated rings. The summed E-state index contributed by atoms with van der Waals surface area (Å²) in [4.78, 5) is 28.4. The standard InChI is InChI=1S/C15H16N2O3.Li.H/c1-8(2)13(15(19)20)17-7-10-9-5-3-4-6-11(9)16-12(10)14(17)18;;/h3-6,8,13,16H,7H2,1-2H3,(H,19,20);;/q;+1;-1. The number of carbonyl (C=O) groups is 2. The third-order valence-electron chi connectivity index (χ3n) is 3.84. The minimum absolute atomic E-state index is 0. The molecule has 0 aliphatic carbocycles. The van der Waals surface area contributed by atoms with E-state index >= 15 is 0 Å². The average molecular weight is 280 g/mol. The number of hydrogen-bond acceptors (Lipinski definition) is 2. The minimum Gasteiger partial charge on any atom is -1.00 e.